The number of hydrogen-bond donors (Lipinski definition) is 2. The summed E-state index contributed by atoms with van der Waals surface area (Å²) in [7, 11) is 0. The molecule has 4 heteroatoms. The zero-order valence-corrected chi connectivity index (χ0v) is 9.85. The van der Waals surface area contributed by atoms with E-state index in [0.717, 1.165) is 43.6 Å². The van der Waals surface area contributed by atoms with E-state index in [9.17, 15) is 4.79 Å². The Labute approximate surface area is 101 Å². The van der Waals surface area contributed by atoms with Crippen molar-refractivity contribution in [3.05, 3.63) is 29.3 Å². The summed E-state index contributed by atoms with van der Waals surface area (Å²) in [6.07, 6.45) is 2.69. The van der Waals surface area contributed by atoms with Gasteiger partial charge in [-0.2, -0.15) is 0 Å². The number of primary amides is 1. The van der Waals surface area contributed by atoms with Crippen LogP contribution in [0.5, 0.6) is 0 Å². The van der Waals surface area contributed by atoms with E-state index < -0.39 is 0 Å². The quantitative estimate of drug-likeness (QED) is 0.814. The number of aliphatic hydroxyl groups is 1. The number of carbonyl (C=O) groups excluding carboxylic acids is 1. The molecule has 0 aromatic heterocycles. The van der Waals surface area contributed by atoms with E-state index in [2.05, 4.69) is 4.90 Å². The Balaban J connectivity index is 2.32. The fraction of sp³-hybridized carbons (Fsp3) is 0.462. The van der Waals surface area contributed by atoms with Crippen LogP contribution in [0.3, 0.4) is 0 Å². The molecule has 0 radical (unpaired) electrons. The van der Waals surface area contributed by atoms with Crippen molar-refractivity contribution in [2.75, 3.05) is 24.6 Å². The van der Waals surface area contributed by atoms with Crippen LogP contribution in [0.1, 0.15) is 28.8 Å². The van der Waals surface area contributed by atoms with Crippen molar-refractivity contribution >= 4 is 11.6 Å². The molecule has 0 fully saturated rings. The van der Waals surface area contributed by atoms with E-state index in [0.29, 0.717) is 5.56 Å². The van der Waals surface area contributed by atoms with E-state index in [-0.39, 0.29) is 12.5 Å². The van der Waals surface area contributed by atoms with Gasteiger partial charge in [-0.15, -0.1) is 0 Å². The number of nitrogens with two attached hydrogens (primary N) is 1. The molecule has 0 atom stereocenters. The lowest BCUT2D eigenvalue weighted by Gasteiger charge is -2.32. The van der Waals surface area contributed by atoms with Gasteiger partial charge < -0.3 is 15.7 Å². The highest BCUT2D eigenvalue weighted by Crippen LogP contribution is 2.29. The first-order valence-electron chi connectivity index (χ1n) is 6.01. The summed E-state index contributed by atoms with van der Waals surface area (Å²) < 4.78 is 0. The third-order valence-corrected chi connectivity index (χ3v) is 3.20. The average Bonchev–Trinajstić information content (AvgIpc) is 2.35. The van der Waals surface area contributed by atoms with E-state index >= 15 is 0 Å². The van der Waals surface area contributed by atoms with Gasteiger partial charge in [0.25, 0.3) is 0 Å². The monoisotopic (exact) mass is 234 g/mol. The van der Waals surface area contributed by atoms with Gasteiger partial charge in [0, 0.05) is 30.9 Å². The Morgan fingerprint density at radius 2 is 2.29 bits per heavy atom. The van der Waals surface area contributed by atoms with E-state index in [1.54, 1.807) is 6.07 Å². The molecule has 0 spiro atoms. The second-order valence-corrected chi connectivity index (χ2v) is 4.34. The Morgan fingerprint density at radius 1 is 1.47 bits per heavy atom. The van der Waals surface area contributed by atoms with Crippen LogP contribution in [-0.4, -0.2) is 30.7 Å². The fourth-order valence-corrected chi connectivity index (χ4v) is 2.43. The van der Waals surface area contributed by atoms with Gasteiger partial charge in [0.15, 0.2) is 0 Å². The Bertz CT molecular complexity index is 418. The van der Waals surface area contributed by atoms with E-state index in [1.807, 2.05) is 12.1 Å². The maximum Gasteiger partial charge on any atom is 0.249 e. The third-order valence-electron chi connectivity index (χ3n) is 3.20. The molecule has 1 amide bonds. The van der Waals surface area contributed by atoms with E-state index in [4.69, 9.17) is 10.8 Å². The fourth-order valence-electron chi connectivity index (χ4n) is 2.43. The summed E-state index contributed by atoms with van der Waals surface area (Å²) in [6, 6.07) is 5.69. The summed E-state index contributed by atoms with van der Waals surface area (Å²) >= 11 is 0. The van der Waals surface area contributed by atoms with Crippen LogP contribution in [0.15, 0.2) is 18.2 Å². The molecular weight excluding hydrogens is 216 g/mol. The van der Waals surface area contributed by atoms with Crippen LogP contribution in [0.4, 0.5) is 5.69 Å². The molecule has 0 aliphatic carbocycles. The van der Waals surface area contributed by atoms with Gasteiger partial charge in [-0.1, -0.05) is 6.07 Å². The van der Waals surface area contributed by atoms with Gasteiger partial charge in [-0.25, -0.2) is 0 Å². The smallest absolute Gasteiger partial charge is 0.249 e. The van der Waals surface area contributed by atoms with Crippen LogP contribution in [0.2, 0.25) is 0 Å². The van der Waals surface area contributed by atoms with Crippen molar-refractivity contribution in [3.63, 3.8) is 0 Å². The van der Waals surface area contributed by atoms with Crippen molar-refractivity contribution in [1.29, 1.82) is 0 Å². The Hall–Kier alpha value is -1.55. The molecule has 17 heavy (non-hydrogen) atoms. The standard InChI is InChI=1S/C13H18N2O2/c14-13(17)11-4-1-6-12-10(11)5-2-7-15(12)8-3-9-16/h1,4,6,16H,2-3,5,7-9H2,(H2,14,17). The van der Waals surface area contributed by atoms with Gasteiger partial charge in [0.2, 0.25) is 5.91 Å². The lowest BCUT2D eigenvalue weighted by atomic mass is 9.96. The van der Waals surface area contributed by atoms with Crippen LogP contribution in [0, 0.1) is 0 Å². The minimum atomic E-state index is -0.356. The molecule has 0 bridgehead atoms. The molecular formula is C13H18N2O2. The maximum absolute atomic E-state index is 11.4. The van der Waals surface area contributed by atoms with Crippen LogP contribution >= 0.6 is 0 Å². The number of aliphatic hydroxyl groups excluding tert-OH is 1. The van der Waals surface area contributed by atoms with Gasteiger partial charge in [-0.3, -0.25) is 4.79 Å². The number of carbonyl (C=O) groups is 1. The largest absolute Gasteiger partial charge is 0.396 e. The first kappa shape index (κ1) is 11.9. The van der Waals surface area contributed by atoms with Gasteiger partial charge in [0.1, 0.15) is 0 Å². The Morgan fingerprint density at radius 3 is 3.00 bits per heavy atom. The molecule has 3 N–H and O–H groups in total. The molecule has 4 nitrogen and oxygen atoms in total. The highest BCUT2D eigenvalue weighted by atomic mass is 16.3. The summed E-state index contributed by atoms with van der Waals surface area (Å²) in [6.45, 7) is 2.00. The SMILES string of the molecule is NC(=O)c1cccc2c1CCCN2CCCO. The van der Waals surface area contributed by atoms with Crippen LogP contribution in [-0.2, 0) is 6.42 Å². The van der Waals surface area contributed by atoms with Gasteiger partial charge in [-0.05, 0) is 37.0 Å². The summed E-state index contributed by atoms with van der Waals surface area (Å²) in [5, 5.41) is 8.89. The molecule has 1 aliphatic heterocycles. The number of amides is 1. The Kier molecular flexibility index (Phi) is 3.64. The molecule has 92 valence electrons. The second-order valence-electron chi connectivity index (χ2n) is 4.34. The van der Waals surface area contributed by atoms with Crippen molar-refractivity contribution in [3.8, 4) is 0 Å². The summed E-state index contributed by atoms with van der Waals surface area (Å²) in [4.78, 5) is 13.6. The second kappa shape index (κ2) is 5.19. The van der Waals surface area contributed by atoms with Gasteiger partial charge in [0.05, 0.1) is 0 Å². The zero-order valence-electron chi connectivity index (χ0n) is 9.85. The van der Waals surface area contributed by atoms with Crippen molar-refractivity contribution < 1.29 is 9.90 Å². The molecule has 0 unspecified atom stereocenters. The van der Waals surface area contributed by atoms with Crippen molar-refractivity contribution in [2.45, 2.75) is 19.3 Å². The first-order valence-corrected chi connectivity index (χ1v) is 6.01. The molecule has 1 aromatic carbocycles. The predicted molar refractivity (Wildman–Crippen MR) is 67.2 cm³/mol. The van der Waals surface area contributed by atoms with Gasteiger partial charge >= 0.3 is 0 Å². The summed E-state index contributed by atoms with van der Waals surface area (Å²) in [5.41, 5.74) is 8.18. The normalized spacial score (nSPS) is 14.5. The number of anilines is 1. The number of benzene rings is 1. The lowest BCUT2D eigenvalue weighted by Crippen LogP contribution is -2.32. The van der Waals surface area contributed by atoms with Crippen LogP contribution in [0.25, 0.3) is 0 Å². The highest BCUT2D eigenvalue weighted by molar-refractivity contribution is 5.96. The highest BCUT2D eigenvalue weighted by Gasteiger charge is 2.20. The predicted octanol–water partition coefficient (Wildman–Crippen LogP) is 0.920. The van der Waals surface area contributed by atoms with Crippen molar-refractivity contribution in [1.82, 2.24) is 0 Å². The molecule has 1 heterocycles. The lowest BCUT2D eigenvalue weighted by molar-refractivity contribution is 0.0999. The molecule has 2 rings (SSSR count). The number of nitrogens with zero attached hydrogens (tertiary/aromatic N) is 1. The van der Waals surface area contributed by atoms with E-state index in [1.165, 1.54) is 0 Å². The number of rotatable bonds is 4. The number of fused-ring (bicyclic) bond motifs is 1. The third kappa shape index (κ3) is 2.42. The zero-order chi connectivity index (χ0) is 12.3. The maximum atomic E-state index is 11.4. The van der Waals surface area contributed by atoms with Crippen molar-refractivity contribution in [2.24, 2.45) is 5.73 Å². The first-order chi connectivity index (χ1) is 8.24. The topological polar surface area (TPSA) is 66.6 Å². The minimum Gasteiger partial charge on any atom is -0.396 e. The molecule has 0 saturated heterocycles. The number of hydrogen-bond acceptors (Lipinski definition) is 3. The summed E-state index contributed by atoms with van der Waals surface area (Å²) in [5.74, 6) is -0.356. The average molecular weight is 234 g/mol. The van der Waals surface area contributed by atoms with Crippen LogP contribution < -0.4 is 10.6 Å². The minimum absolute atomic E-state index is 0.196. The molecule has 1 aliphatic rings. The molecule has 0 saturated carbocycles. The molecule has 1 aromatic rings.